The van der Waals surface area contributed by atoms with E-state index in [1.165, 1.54) is 6.42 Å². The van der Waals surface area contributed by atoms with E-state index in [0.29, 0.717) is 10.7 Å². The lowest BCUT2D eigenvalue weighted by molar-refractivity contribution is 0.724. The van der Waals surface area contributed by atoms with E-state index in [1.807, 2.05) is 18.3 Å². The van der Waals surface area contributed by atoms with Crippen LogP contribution in [0.15, 0.2) is 18.3 Å². The number of pyridine rings is 1. The van der Waals surface area contributed by atoms with Gasteiger partial charge in [0, 0.05) is 13.6 Å². The van der Waals surface area contributed by atoms with Crippen molar-refractivity contribution in [2.75, 3.05) is 18.5 Å². The van der Waals surface area contributed by atoms with Crippen LogP contribution in [0.1, 0.15) is 19.0 Å². The Labute approximate surface area is 102 Å². The molecule has 2 rings (SSSR count). The number of anilines is 1. The van der Waals surface area contributed by atoms with E-state index < -0.39 is 0 Å². The number of nitrogens with zero attached hydrogens (tertiary/aromatic N) is 2. The highest BCUT2D eigenvalue weighted by molar-refractivity contribution is 7.80. The smallest absolute Gasteiger partial charge is 0.122 e. The highest BCUT2D eigenvalue weighted by atomic mass is 32.1. The molecule has 0 aliphatic heterocycles. The molecule has 1 aliphatic carbocycles. The number of thiocarbonyl (C=S) groups is 1. The molecule has 2 N–H and O–H groups in total. The number of nitrogens with two attached hydrogens (primary N) is 1. The third kappa shape index (κ3) is 2.50. The summed E-state index contributed by atoms with van der Waals surface area (Å²) in [7, 11) is 2.10. The zero-order valence-electron chi connectivity index (χ0n) is 9.68. The summed E-state index contributed by atoms with van der Waals surface area (Å²) in [4.78, 5) is 6.83. The van der Waals surface area contributed by atoms with Crippen LogP contribution in [0.5, 0.6) is 0 Å². The van der Waals surface area contributed by atoms with Crippen molar-refractivity contribution in [3.05, 3.63) is 24.0 Å². The van der Waals surface area contributed by atoms with Crippen LogP contribution in [0.2, 0.25) is 0 Å². The van der Waals surface area contributed by atoms with Crippen molar-refractivity contribution in [3.8, 4) is 0 Å². The molecule has 0 amide bonds. The zero-order chi connectivity index (χ0) is 11.7. The van der Waals surface area contributed by atoms with E-state index in [2.05, 4.69) is 23.9 Å². The maximum Gasteiger partial charge on any atom is 0.122 e. The fraction of sp³-hybridized carbons (Fsp3) is 0.500. The number of hydrogen-bond acceptors (Lipinski definition) is 3. The highest BCUT2D eigenvalue weighted by Crippen LogP contribution is 2.38. The van der Waals surface area contributed by atoms with Gasteiger partial charge in [0.2, 0.25) is 0 Å². The van der Waals surface area contributed by atoms with Gasteiger partial charge in [0.05, 0.1) is 17.6 Å². The molecule has 0 saturated heterocycles. The minimum Gasteiger partial charge on any atom is -0.388 e. The fourth-order valence-corrected chi connectivity index (χ4v) is 1.99. The van der Waals surface area contributed by atoms with Crippen LogP contribution in [0.25, 0.3) is 0 Å². The Morgan fingerprint density at radius 2 is 2.31 bits per heavy atom. The summed E-state index contributed by atoms with van der Waals surface area (Å²) in [5, 5.41) is 0. The topological polar surface area (TPSA) is 42.1 Å². The first-order valence-corrected chi connectivity index (χ1v) is 5.95. The number of aromatic nitrogens is 1. The van der Waals surface area contributed by atoms with Crippen LogP contribution in [-0.2, 0) is 0 Å². The third-order valence-corrected chi connectivity index (χ3v) is 3.43. The van der Waals surface area contributed by atoms with E-state index in [0.717, 1.165) is 24.1 Å². The van der Waals surface area contributed by atoms with Crippen LogP contribution in [-0.4, -0.2) is 23.6 Å². The second-order valence-corrected chi connectivity index (χ2v) is 5.06. The molecule has 1 aliphatic rings. The second-order valence-electron chi connectivity index (χ2n) is 4.62. The summed E-state index contributed by atoms with van der Waals surface area (Å²) in [5.41, 5.74) is 7.32. The molecule has 2 atom stereocenters. The summed E-state index contributed by atoms with van der Waals surface area (Å²) in [6.07, 6.45) is 3.18. The molecule has 1 saturated carbocycles. The van der Waals surface area contributed by atoms with E-state index in [-0.39, 0.29) is 0 Å². The van der Waals surface area contributed by atoms with Crippen molar-refractivity contribution in [1.29, 1.82) is 0 Å². The minimum absolute atomic E-state index is 0.352. The summed E-state index contributed by atoms with van der Waals surface area (Å²) < 4.78 is 0. The summed E-state index contributed by atoms with van der Waals surface area (Å²) in [5.74, 6) is 1.73. The predicted molar refractivity (Wildman–Crippen MR) is 70.7 cm³/mol. The molecule has 0 spiro atoms. The van der Waals surface area contributed by atoms with Crippen molar-refractivity contribution in [2.24, 2.45) is 17.6 Å². The van der Waals surface area contributed by atoms with Gasteiger partial charge in [0.1, 0.15) is 4.99 Å². The second kappa shape index (κ2) is 4.37. The van der Waals surface area contributed by atoms with Gasteiger partial charge in [-0.25, -0.2) is 0 Å². The van der Waals surface area contributed by atoms with Crippen LogP contribution >= 0.6 is 12.2 Å². The highest BCUT2D eigenvalue weighted by Gasteiger charge is 2.33. The number of rotatable bonds is 4. The molecule has 4 heteroatoms. The molecule has 0 bridgehead atoms. The van der Waals surface area contributed by atoms with Gasteiger partial charge in [0.15, 0.2) is 0 Å². The molecule has 1 heterocycles. The molecule has 1 aromatic rings. The maximum absolute atomic E-state index is 5.50. The van der Waals surface area contributed by atoms with Crippen LogP contribution in [0.4, 0.5) is 5.69 Å². The lowest BCUT2D eigenvalue weighted by Crippen LogP contribution is -2.21. The van der Waals surface area contributed by atoms with Gasteiger partial charge in [0.25, 0.3) is 0 Å². The Hall–Kier alpha value is -1.16. The number of hydrogen-bond donors (Lipinski definition) is 1. The quantitative estimate of drug-likeness (QED) is 0.808. The average Bonchev–Trinajstić information content (AvgIpc) is 2.94. The van der Waals surface area contributed by atoms with Crippen molar-refractivity contribution in [3.63, 3.8) is 0 Å². The lowest BCUT2D eigenvalue weighted by Gasteiger charge is -2.18. The van der Waals surface area contributed by atoms with Gasteiger partial charge in [-0.2, -0.15) is 0 Å². The first-order valence-electron chi connectivity index (χ1n) is 5.55. The Morgan fingerprint density at radius 3 is 2.75 bits per heavy atom. The molecule has 0 radical (unpaired) electrons. The first kappa shape index (κ1) is 11.3. The first-order chi connectivity index (χ1) is 7.58. The molecule has 0 aromatic carbocycles. The summed E-state index contributed by atoms with van der Waals surface area (Å²) >= 11 is 4.87. The Balaban J connectivity index is 2.00. The minimum atomic E-state index is 0.352. The van der Waals surface area contributed by atoms with Crippen molar-refractivity contribution in [2.45, 2.75) is 13.3 Å². The van der Waals surface area contributed by atoms with E-state index in [9.17, 15) is 0 Å². The van der Waals surface area contributed by atoms with E-state index >= 15 is 0 Å². The largest absolute Gasteiger partial charge is 0.388 e. The maximum atomic E-state index is 5.50. The zero-order valence-corrected chi connectivity index (χ0v) is 10.5. The van der Waals surface area contributed by atoms with Crippen LogP contribution in [0.3, 0.4) is 0 Å². The van der Waals surface area contributed by atoms with Gasteiger partial charge in [-0.1, -0.05) is 19.1 Å². The summed E-state index contributed by atoms with van der Waals surface area (Å²) in [6, 6.07) is 3.90. The molecule has 1 aromatic heterocycles. The monoisotopic (exact) mass is 235 g/mol. The molecule has 2 unspecified atom stereocenters. The molecular formula is C12H17N3S. The van der Waals surface area contributed by atoms with Crippen molar-refractivity contribution in [1.82, 2.24) is 4.98 Å². The van der Waals surface area contributed by atoms with Gasteiger partial charge >= 0.3 is 0 Å². The Bertz CT molecular complexity index is 388. The Morgan fingerprint density at radius 1 is 1.62 bits per heavy atom. The normalized spacial score (nSPS) is 22.9. The van der Waals surface area contributed by atoms with Gasteiger partial charge < -0.3 is 10.6 Å². The predicted octanol–water partition coefficient (Wildman–Crippen LogP) is 1.81. The molecule has 16 heavy (non-hydrogen) atoms. The summed E-state index contributed by atoms with van der Waals surface area (Å²) in [6.45, 7) is 3.40. The van der Waals surface area contributed by atoms with E-state index in [1.54, 1.807) is 0 Å². The molecule has 86 valence electrons. The van der Waals surface area contributed by atoms with Gasteiger partial charge in [-0.15, -0.1) is 0 Å². The van der Waals surface area contributed by atoms with Crippen molar-refractivity contribution >= 4 is 22.9 Å². The fourth-order valence-electron chi connectivity index (χ4n) is 1.87. The van der Waals surface area contributed by atoms with Gasteiger partial charge in [-0.3, -0.25) is 4.98 Å². The van der Waals surface area contributed by atoms with E-state index in [4.69, 9.17) is 18.0 Å². The molecular weight excluding hydrogens is 218 g/mol. The van der Waals surface area contributed by atoms with Crippen LogP contribution < -0.4 is 10.6 Å². The average molecular weight is 235 g/mol. The third-order valence-electron chi connectivity index (χ3n) is 3.23. The molecule has 1 fully saturated rings. The lowest BCUT2D eigenvalue weighted by atomic mass is 10.3. The van der Waals surface area contributed by atoms with Crippen LogP contribution in [0, 0.1) is 11.8 Å². The Kier molecular flexibility index (Phi) is 3.10. The van der Waals surface area contributed by atoms with Crippen molar-refractivity contribution < 1.29 is 0 Å². The molecule has 3 nitrogen and oxygen atoms in total. The van der Waals surface area contributed by atoms with Gasteiger partial charge in [-0.05, 0) is 30.4 Å². The SMILES string of the molecule is CC1CC1CN(C)c1ccc(C(N)=S)nc1. The standard InChI is InChI=1S/C12H17N3S/c1-8-5-9(8)7-15(2)10-3-4-11(12(13)16)14-6-10/h3-4,6,8-9H,5,7H2,1-2H3,(H2,13,16).